The fourth-order valence-electron chi connectivity index (χ4n) is 1.85. The van der Waals surface area contributed by atoms with Gasteiger partial charge >= 0.3 is 5.97 Å². The molecule has 1 atom stereocenters. The Morgan fingerprint density at radius 2 is 1.95 bits per heavy atom. The van der Waals surface area contributed by atoms with Crippen molar-refractivity contribution in [1.29, 1.82) is 0 Å². The lowest BCUT2D eigenvalue weighted by molar-refractivity contribution is -0.142. The third-order valence-electron chi connectivity index (χ3n) is 3.09. The molecule has 0 saturated carbocycles. The molecule has 0 aliphatic carbocycles. The average Bonchev–Trinajstić information content (AvgIpc) is 2.48. The molecular formula is C15H16N2O3. The number of carbonyl (C=O) groups is 1. The predicted octanol–water partition coefficient (Wildman–Crippen LogP) is 2.50. The zero-order chi connectivity index (χ0) is 14.6. The van der Waals surface area contributed by atoms with Gasteiger partial charge in [0.15, 0.2) is 5.54 Å². The number of nitrogens with one attached hydrogen (secondary N) is 1. The lowest BCUT2D eigenvalue weighted by Gasteiger charge is -2.26. The van der Waals surface area contributed by atoms with E-state index in [1.807, 2.05) is 0 Å². The van der Waals surface area contributed by atoms with E-state index in [2.05, 4.69) is 10.3 Å². The van der Waals surface area contributed by atoms with Gasteiger partial charge < -0.3 is 15.2 Å². The minimum atomic E-state index is -1.30. The van der Waals surface area contributed by atoms with E-state index in [9.17, 15) is 9.90 Å². The molecule has 0 fully saturated rings. The second-order valence-electron chi connectivity index (χ2n) is 4.50. The summed E-state index contributed by atoms with van der Waals surface area (Å²) in [6.45, 7) is 1.59. The van der Waals surface area contributed by atoms with Gasteiger partial charge in [0.1, 0.15) is 5.75 Å². The Labute approximate surface area is 117 Å². The summed E-state index contributed by atoms with van der Waals surface area (Å²) >= 11 is 0. The molecule has 1 aromatic heterocycles. The summed E-state index contributed by atoms with van der Waals surface area (Å²) < 4.78 is 5.07. The van der Waals surface area contributed by atoms with Gasteiger partial charge in [0.25, 0.3) is 0 Å². The smallest absolute Gasteiger partial charge is 0.335 e. The van der Waals surface area contributed by atoms with Crippen molar-refractivity contribution >= 4 is 11.7 Å². The van der Waals surface area contributed by atoms with Crippen LogP contribution in [0.3, 0.4) is 0 Å². The van der Waals surface area contributed by atoms with E-state index in [1.165, 1.54) is 0 Å². The maximum absolute atomic E-state index is 11.6. The molecule has 0 aliphatic heterocycles. The summed E-state index contributed by atoms with van der Waals surface area (Å²) in [6.07, 6.45) is 1.58. The first kappa shape index (κ1) is 13.9. The number of hydrogen-bond donors (Lipinski definition) is 2. The van der Waals surface area contributed by atoms with Crippen molar-refractivity contribution in [2.75, 3.05) is 12.4 Å². The van der Waals surface area contributed by atoms with Crippen molar-refractivity contribution in [2.24, 2.45) is 0 Å². The molecule has 2 rings (SSSR count). The normalized spacial score (nSPS) is 13.3. The Morgan fingerprint density at radius 3 is 2.45 bits per heavy atom. The van der Waals surface area contributed by atoms with E-state index in [4.69, 9.17) is 4.74 Å². The van der Waals surface area contributed by atoms with Gasteiger partial charge in [0.2, 0.25) is 0 Å². The van der Waals surface area contributed by atoms with E-state index in [-0.39, 0.29) is 0 Å². The van der Waals surface area contributed by atoms with Crippen LogP contribution in [-0.2, 0) is 10.3 Å². The first-order valence-electron chi connectivity index (χ1n) is 6.13. The molecule has 5 heteroatoms. The van der Waals surface area contributed by atoms with Crippen molar-refractivity contribution < 1.29 is 14.6 Å². The molecule has 0 saturated heterocycles. The SMILES string of the molecule is COc1ccc(NC(C)(C(=O)O)c2ccccn2)cc1. The Balaban J connectivity index is 2.32. The molecule has 2 N–H and O–H groups in total. The van der Waals surface area contributed by atoms with Crippen LogP contribution in [0.1, 0.15) is 12.6 Å². The maximum Gasteiger partial charge on any atom is 0.335 e. The topological polar surface area (TPSA) is 71.5 Å². The lowest BCUT2D eigenvalue weighted by Crippen LogP contribution is -2.41. The summed E-state index contributed by atoms with van der Waals surface area (Å²) in [5.41, 5.74) is -0.166. The molecule has 5 nitrogen and oxygen atoms in total. The number of aromatic nitrogens is 1. The third kappa shape index (κ3) is 2.71. The van der Waals surface area contributed by atoms with Crippen molar-refractivity contribution in [3.05, 3.63) is 54.4 Å². The number of hydrogen-bond acceptors (Lipinski definition) is 4. The maximum atomic E-state index is 11.6. The van der Waals surface area contributed by atoms with Crippen LogP contribution in [0.15, 0.2) is 48.7 Å². The van der Waals surface area contributed by atoms with E-state index in [1.54, 1.807) is 62.7 Å². The van der Waals surface area contributed by atoms with Gasteiger partial charge in [0, 0.05) is 11.9 Å². The zero-order valence-electron chi connectivity index (χ0n) is 11.3. The standard InChI is InChI=1S/C15H16N2O3/c1-15(14(18)19,13-5-3-4-10-16-13)17-11-6-8-12(20-2)9-7-11/h3-10,17H,1-2H3,(H,18,19). The number of ether oxygens (including phenoxy) is 1. The summed E-state index contributed by atoms with van der Waals surface area (Å²) in [5.74, 6) is -0.280. The van der Waals surface area contributed by atoms with Gasteiger partial charge in [-0.3, -0.25) is 4.98 Å². The Bertz CT molecular complexity index is 584. The zero-order valence-corrected chi connectivity index (χ0v) is 11.3. The highest BCUT2D eigenvalue weighted by atomic mass is 16.5. The van der Waals surface area contributed by atoms with Crippen molar-refractivity contribution in [3.63, 3.8) is 0 Å². The van der Waals surface area contributed by atoms with Crippen molar-refractivity contribution in [2.45, 2.75) is 12.5 Å². The number of benzene rings is 1. The van der Waals surface area contributed by atoms with Gasteiger partial charge in [-0.1, -0.05) is 6.07 Å². The minimum Gasteiger partial charge on any atom is -0.497 e. The van der Waals surface area contributed by atoms with Gasteiger partial charge in [-0.25, -0.2) is 4.79 Å². The fraction of sp³-hybridized carbons (Fsp3) is 0.200. The second-order valence-corrected chi connectivity index (χ2v) is 4.50. The van der Waals surface area contributed by atoms with Crippen molar-refractivity contribution in [1.82, 2.24) is 4.98 Å². The number of nitrogens with zero attached hydrogens (tertiary/aromatic N) is 1. The first-order chi connectivity index (χ1) is 9.56. The summed E-state index contributed by atoms with van der Waals surface area (Å²) in [5, 5.41) is 12.5. The first-order valence-corrected chi connectivity index (χ1v) is 6.13. The van der Waals surface area contributed by atoms with Crippen LogP contribution in [0.2, 0.25) is 0 Å². The molecule has 0 spiro atoms. The third-order valence-corrected chi connectivity index (χ3v) is 3.09. The molecule has 0 aliphatic rings. The Morgan fingerprint density at radius 1 is 1.25 bits per heavy atom. The summed E-state index contributed by atoms with van der Waals surface area (Å²) in [4.78, 5) is 15.8. The molecule has 1 aromatic carbocycles. The van der Waals surface area contributed by atoms with Crippen LogP contribution >= 0.6 is 0 Å². The molecular weight excluding hydrogens is 256 g/mol. The number of rotatable bonds is 5. The number of methoxy groups -OCH3 is 1. The molecule has 1 unspecified atom stereocenters. The number of pyridine rings is 1. The van der Waals surface area contributed by atoms with E-state index >= 15 is 0 Å². The quantitative estimate of drug-likeness (QED) is 0.875. The second kappa shape index (κ2) is 5.61. The van der Waals surface area contributed by atoms with E-state index in [0.717, 1.165) is 0 Å². The summed E-state index contributed by atoms with van der Waals surface area (Å²) in [6, 6.07) is 12.3. The Hall–Kier alpha value is -2.56. The number of anilines is 1. The number of carboxylic acids is 1. The molecule has 0 radical (unpaired) electrons. The van der Waals surface area contributed by atoms with Crippen LogP contribution < -0.4 is 10.1 Å². The number of aliphatic carboxylic acids is 1. The molecule has 20 heavy (non-hydrogen) atoms. The van der Waals surface area contributed by atoms with Crippen LogP contribution in [0.4, 0.5) is 5.69 Å². The summed E-state index contributed by atoms with van der Waals surface area (Å²) in [7, 11) is 1.58. The monoisotopic (exact) mass is 272 g/mol. The van der Waals surface area contributed by atoms with Crippen LogP contribution in [-0.4, -0.2) is 23.2 Å². The van der Waals surface area contributed by atoms with Crippen LogP contribution in [0.5, 0.6) is 5.75 Å². The van der Waals surface area contributed by atoms with Gasteiger partial charge in [0.05, 0.1) is 12.8 Å². The molecule has 1 heterocycles. The lowest BCUT2D eigenvalue weighted by atomic mass is 9.96. The van der Waals surface area contributed by atoms with Crippen LogP contribution in [0.25, 0.3) is 0 Å². The van der Waals surface area contributed by atoms with Crippen LogP contribution in [0, 0.1) is 0 Å². The van der Waals surface area contributed by atoms with Gasteiger partial charge in [-0.15, -0.1) is 0 Å². The van der Waals surface area contributed by atoms with Gasteiger partial charge in [-0.05, 0) is 43.3 Å². The molecule has 0 bridgehead atoms. The highest BCUT2D eigenvalue weighted by Crippen LogP contribution is 2.26. The number of carboxylic acid groups (broad SMARTS) is 1. The van der Waals surface area contributed by atoms with Crippen molar-refractivity contribution in [3.8, 4) is 5.75 Å². The highest BCUT2D eigenvalue weighted by Gasteiger charge is 2.36. The average molecular weight is 272 g/mol. The largest absolute Gasteiger partial charge is 0.497 e. The van der Waals surface area contributed by atoms with Gasteiger partial charge in [-0.2, -0.15) is 0 Å². The predicted molar refractivity (Wildman–Crippen MR) is 75.8 cm³/mol. The Kier molecular flexibility index (Phi) is 3.89. The highest BCUT2D eigenvalue weighted by molar-refractivity contribution is 5.83. The van der Waals surface area contributed by atoms with E-state index in [0.29, 0.717) is 17.1 Å². The molecule has 2 aromatic rings. The molecule has 0 amide bonds. The molecule has 104 valence electrons. The minimum absolute atomic E-state index is 0.448. The fourth-order valence-corrected chi connectivity index (χ4v) is 1.85. The van der Waals surface area contributed by atoms with E-state index < -0.39 is 11.5 Å².